The summed E-state index contributed by atoms with van der Waals surface area (Å²) in [7, 11) is 3.03. The van der Waals surface area contributed by atoms with Crippen molar-refractivity contribution in [1.29, 1.82) is 0 Å². The van der Waals surface area contributed by atoms with Crippen LogP contribution in [0.4, 0.5) is 5.82 Å². The van der Waals surface area contributed by atoms with E-state index in [0.29, 0.717) is 5.82 Å². The van der Waals surface area contributed by atoms with Gasteiger partial charge in [0.05, 0.1) is 5.39 Å². The summed E-state index contributed by atoms with van der Waals surface area (Å²) in [6.45, 7) is 0. The number of aromatic nitrogens is 3. The van der Waals surface area contributed by atoms with Crippen LogP contribution in [0.15, 0.2) is 23.3 Å². The van der Waals surface area contributed by atoms with Crippen molar-refractivity contribution in [1.82, 2.24) is 15.0 Å². The van der Waals surface area contributed by atoms with Gasteiger partial charge in [-0.2, -0.15) is 0 Å². The lowest BCUT2D eigenvalue weighted by Crippen LogP contribution is -1.78. The van der Waals surface area contributed by atoms with Gasteiger partial charge >= 0.3 is 0 Å². The van der Waals surface area contributed by atoms with Crippen LogP contribution in [0.1, 0.15) is 0 Å². The number of hydrogen-bond acceptors (Lipinski definition) is 3. The van der Waals surface area contributed by atoms with Crippen LogP contribution >= 0.6 is 9.03 Å². The van der Waals surface area contributed by atoms with Crippen LogP contribution in [-0.2, 0) is 0 Å². The zero-order valence-corrected chi connectivity index (χ0v) is 6.57. The van der Waals surface area contributed by atoms with Crippen molar-refractivity contribution < 1.29 is 0 Å². The van der Waals surface area contributed by atoms with E-state index in [1.807, 2.05) is 6.07 Å². The predicted octanol–water partition coefficient (Wildman–Crippen LogP) is 1.92. The van der Waals surface area contributed by atoms with Crippen molar-refractivity contribution in [2.75, 3.05) is 0 Å². The standard InChI is InChI=1S/C6H5N4P/c11-10-6-4-1-2-7-5(4)8-3-9-6/h1-3,11H,(H,7,8,9). The predicted molar refractivity (Wildman–Crippen MR) is 44.3 cm³/mol. The SMILES string of the molecule is P=Nc1ncnc2[nH]ccc12. The summed E-state index contributed by atoms with van der Waals surface area (Å²) < 4.78 is 3.81. The fourth-order valence-corrected chi connectivity index (χ4v) is 1.13. The maximum Gasteiger partial charge on any atom is 0.168 e. The van der Waals surface area contributed by atoms with E-state index in [-0.39, 0.29) is 0 Å². The van der Waals surface area contributed by atoms with Crippen LogP contribution in [0.3, 0.4) is 0 Å². The number of fused-ring (bicyclic) bond motifs is 1. The molecule has 0 unspecified atom stereocenters. The number of nitrogens with zero attached hydrogens (tertiary/aromatic N) is 3. The minimum Gasteiger partial charge on any atom is -0.346 e. The Labute approximate surface area is 65.0 Å². The van der Waals surface area contributed by atoms with Crippen molar-refractivity contribution in [2.45, 2.75) is 0 Å². The molecule has 54 valence electrons. The van der Waals surface area contributed by atoms with Crippen molar-refractivity contribution >= 4 is 25.9 Å². The zero-order valence-electron chi connectivity index (χ0n) is 5.57. The lowest BCUT2D eigenvalue weighted by atomic mass is 10.4. The Kier molecular flexibility index (Phi) is 1.40. The van der Waals surface area contributed by atoms with E-state index in [0.717, 1.165) is 11.0 Å². The van der Waals surface area contributed by atoms with Crippen molar-refractivity contribution in [3.8, 4) is 0 Å². The molecule has 0 aliphatic heterocycles. The number of rotatable bonds is 1. The highest BCUT2D eigenvalue weighted by atomic mass is 31.0. The van der Waals surface area contributed by atoms with Gasteiger partial charge in [0.25, 0.3) is 0 Å². The lowest BCUT2D eigenvalue weighted by molar-refractivity contribution is 1.19. The van der Waals surface area contributed by atoms with Crippen LogP contribution in [0.5, 0.6) is 0 Å². The van der Waals surface area contributed by atoms with Gasteiger partial charge in [0.1, 0.15) is 12.0 Å². The minimum atomic E-state index is 0.646. The molecule has 0 bridgehead atoms. The molecule has 2 rings (SSSR count). The Balaban J connectivity index is 2.88. The van der Waals surface area contributed by atoms with Crippen LogP contribution in [-0.4, -0.2) is 15.0 Å². The first-order chi connectivity index (χ1) is 5.42. The Morgan fingerprint density at radius 3 is 3.18 bits per heavy atom. The second-order valence-electron chi connectivity index (χ2n) is 2.05. The van der Waals surface area contributed by atoms with Gasteiger partial charge in [-0.1, -0.05) is 0 Å². The summed E-state index contributed by atoms with van der Waals surface area (Å²) >= 11 is 0. The van der Waals surface area contributed by atoms with Gasteiger partial charge in [0, 0.05) is 6.20 Å². The first-order valence-corrected chi connectivity index (χ1v) is 3.52. The molecule has 0 aliphatic carbocycles. The fraction of sp³-hybridized carbons (Fsp3) is 0. The van der Waals surface area contributed by atoms with E-state index in [4.69, 9.17) is 0 Å². The third kappa shape index (κ3) is 0.917. The summed E-state index contributed by atoms with van der Waals surface area (Å²) in [5, 5.41) is 0.919. The molecular weight excluding hydrogens is 159 g/mol. The first kappa shape index (κ1) is 6.43. The van der Waals surface area contributed by atoms with Crippen molar-refractivity contribution in [2.24, 2.45) is 4.74 Å². The van der Waals surface area contributed by atoms with Gasteiger partial charge in [-0.3, -0.25) is 0 Å². The average Bonchev–Trinajstić information content (AvgIpc) is 2.50. The van der Waals surface area contributed by atoms with E-state index in [9.17, 15) is 0 Å². The topological polar surface area (TPSA) is 53.9 Å². The molecule has 0 saturated carbocycles. The molecule has 4 nitrogen and oxygen atoms in total. The molecule has 0 spiro atoms. The second kappa shape index (κ2) is 2.40. The Morgan fingerprint density at radius 1 is 1.45 bits per heavy atom. The summed E-state index contributed by atoms with van der Waals surface area (Å²) in [6, 6.07) is 1.88. The molecular formula is C6H5N4P. The molecule has 2 aromatic heterocycles. The fourth-order valence-electron chi connectivity index (χ4n) is 0.948. The highest BCUT2D eigenvalue weighted by Crippen LogP contribution is 2.20. The molecule has 1 N–H and O–H groups in total. The van der Waals surface area contributed by atoms with E-state index in [2.05, 4.69) is 28.7 Å². The average molecular weight is 164 g/mol. The van der Waals surface area contributed by atoms with Crippen molar-refractivity contribution in [3.63, 3.8) is 0 Å². The zero-order chi connectivity index (χ0) is 7.68. The van der Waals surface area contributed by atoms with Crippen LogP contribution in [0.25, 0.3) is 11.0 Å². The summed E-state index contributed by atoms with van der Waals surface area (Å²) in [5.41, 5.74) is 0.803. The Hall–Kier alpha value is -1.28. The molecule has 0 fully saturated rings. The highest BCUT2D eigenvalue weighted by Gasteiger charge is 1.99. The van der Waals surface area contributed by atoms with E-state index in [1.165, 1.54) is 6.33 Å². The largest absolute Gasteiger partial charge is 0.346 e. The lowest BCUT2D eigenvalue weighted by Gasteiger charge is -1.90. The highest BCUT2D eigenvalue weighted by molar-refractivity contribution is 7.04. The Morgan fingerprint density at radius 2 is 2.36 bits per heavy atom. The molecule has 0 atom stereocenters. The normalized spacial score (nSPS) is 10.2. The van der Waals surface area contributed by atoms with Gasteiger partial charge in [-0.25, -0.2) is 14.7 Å². The summed E-state index contributed by atoms with van der Waals surface area (Å²) in [5.74, 6) is 0.646. The van der Waals surface area contributed by atoms with Crippen molar-refractivity contribution in [3.05, 3.63) is 18.6 Å². The van der Waals surface area contributed by atoms with Gasteiger partial charge in [0.15, 0.2) is 5.82 Å². The quantitative estimate of drug-likeness (QED) is 0.654. The smallest absolute Gasteiger partial charge is 0.168 e. The second-order valence-corrected chi connectivity index (χ2v) is 2.27. The van der Waals surface area contributed by atoms with E-state index < -0.39 is 0 Å². The van der Waals surface area contributed by atoms with Crippen LogP contribution < -0.4 is 0 Å². The van der Waals surface area contributed by atoms with E-state index in [1.54, 1.807) is 6.20 Å². The molecule has 0 aliphatic rings. The maximum atomic E-state index is 4.00. The molecule has 2 heterocycles. The third-order valence-electron chi connectivity index (χ3n) is 1.44. The minimum absolute atomic E-state index is 0.646. The number of hydrogen-bond donors (Lipinski definition) is 1. The number of nitrogens with one attached hydrogen (secondary N) is 1. The molecule has 11 heavy (non-hydrogen) atoms. The summed E-state index contributed by atoms with van der Waals surface area (Å²) in [6.07, 6.45) is 3.28. The third-order valence-corrected chi connectivity index (χ3v) is 1.65. The van der Waals surface area contributed by atoms with Gasteiger partial charge < -0.3 is 4.98 Å². The number of aromatic amines is 1. The molecule has 5 heteroatoms. The van der Waals surface area contributed by atoms with Gasteiger partial charge in [-0.05, 0) is 15.1 Å². The van der Waals surface area contributed by atoms with Crippen LogP contribution in [0, 0.1) is 0 Å². The first-order valence-electron chi connectivity index (χ1n) is 3.07. The molecule has 2 aromatic rings. The number of H-pyrrole nitrogens is 1. The molecule has 0 aromatic carbocycles. The van der Waals surface area contributed by atoms with E-state index >= 15 is 0 Å². The van der Waals surface area contributed by atoms with Crippen LogP contribution in [0.2, 0.25) is 0 Å². The van der Waals surface area contributed by atoms with Gasteiger partial charge in [0.2, 0.25) is 0 Å². The molecule has 0 radical (unpaired) electrons. The maximum absolute atomic E-state index is 4.00. The molecule has 0 saturated heterocycles. The summed E-state index contributed by atoms with van der Waals surface area (Å²) in [4.78, 5) is 10.9. The monoisotopic (exact) mass is 164 g/mol. The molecule has 0 amide bonds. The Bertz CT molecular complexity index is 394. The van der Waals surface area contributed by atoms with Gasteiger partial charge in [-0.15, -0.1) is 0 Å².